The summed E-state index contributed by atoms with van der Waals surface area (Å²) in [6.07, 6.45) is 0.263. The van der Waals surface area contributed by atoms with Gasteiger partial charge in [-0.3, -0.25) is 4.79 Å². The Bertz CT molecular complexity index is 721. The SMILES string of the molecule is O=C(O)NC12CCC(NC(=O)COc3ccc(Cl)c(F)c3)(CC1)CC2O. The molecule has 2 amide bonds. The Labute approximate surface area is 154 Å². The Morgan fingerprint density at radius 3 is 2.54 bits per heavy atom. The fraction of sp³-hybridized carbons (Fsp3) is 0.529. The van der Waals surface area contributed by atoms with Crippen LogP contribution >= 0.6 is 11.6 Å². The number of amides is 2. The van der Waals surface area contributed by atoms with E-state index in [1.54, 1.807) is 0 Å². The Kier molecular flexibility index (Phi) is 4.98. The van der Waals surface area contributed by atoms with Crippen LogP contribution in [0.25, 0.3) is 0 Å². The van der Waals surface area contributed by atoms with Crippen LogP contribution in [0.15, 0.2) is 18.2 Å². The molecule has 26 heavy (non-hydrogen) atoms. The summed E-state index contributed by atoms with van der Waals surface area (Å²) < 4.78 is 18.7. The number of carbonyl (C=O) groups is 2. The van der Waals surface area contributed by atoms with Crippen molar-refractivity contribution in [1.82, 2.24) is 10.6 Å². The maximum atomic E-state index is 13.4. The number of nitrogens with one attached hydrogen (secondary N) is 2. The molecule has 142 valence electrons. The van der Waals surface area contributed by atoms with Gasteiger partial charge in [-0.2, -0.15) is 0 Å². The van der Waals surface area contributed by atoms with Gasteiger partial charge in [-0.25, -0.2) is 9.18 Å². The number of rotatable bonds is 5. The number of ether oxygens (including phenoxy) is 1. The summed E-state index contributed by atoms with van der Waals surface area (Å²) >= 11 is 5.59. The summed E-state index contributed by atoms with van der Waals surface area (Å²) in [6, 6.07) is 3.91. The molecule has 0 heterocycles. The van der Waals surface area contributed by atoms with E-state index in [1.165, 1.54) is 12.1 Å². The van der Waals surface area contributed by atoms with Crippen LogP contribution in [0, 0.1) is 5.82 Å². The number of carbonyl (C=O) groups excluding carboxylic acids is 1. The van der Waals surface area contributed by atoms with Crippen LogP contribution in [-0.4, -0.2) is 46.0 Å². The second kappa shape index (κ2) is 6.92. The lowest BCUT2D eigenvalue weighted by atomic mass is 9.60. The van der Waals surface area contributed by atoms with Gasteiger partial charge in [0.05, 0.1) is 16.7 Å². The predicted molar refractivity (Wildman–Crippen MR) is 90.8 cm³/mol. The molecule has 1 aromatic carbocycles. The highest BCUT2D eigenvalue weighted by Crippen LogP contribution is 2.47. The first-order chi connectivity index (χ1) is 12.2. The Morgan fingerprint density at radius 1 is 1.27 bits per heavy atom. The summed E-state index contributed by atoms with van der Waals surface area (Å²) in [6.45, 7) is -0.294. The van der Waals surface area contributed by atoms with Crippen LogP contribution in [0.3, 0.4) is 0 Å². The van der Waals surface area contributed by atoms with Crippen LogP contribution in [0.2, 0.25) is 5.02 Å². The average molecular weight is 387 g/mol. The summed E-state index contributed by atoms with van der Waals surface area (Å²) in [7, 11) is 0. The molecule has 7 nitrogen and oxygen atoms in total. The fourth-order valence-electron chi connectivity index (χ4n) is 3.92. The van der Waals surface area contributed by atoms with Crippen molar-refractivity contribution in [1.29, 1.82) is 0 Å². The van der Waals surface area contributed by atoms with Gasteiger partial charge in [0.2, 0.25) is 0 Å². The zero-order valence-corrected chi connectivity index (χ0v) is 14.7. The Morgan fingerprint density at radius 2 is 1.96 bits per heavy atom. The molecule has 9 heteroatoms. The summed E-state index contributed by atoms with van der Waals surface area (Å²) in [5.41, 5.74) is -1.41. The molecule has 3 aliphatic carbocycles. The van der Waals surface area contributed by atoms with Gasteiger partial charge >= 0.3 is 6.09 Å². The van der Waals surface area contributed by atoms with E-state index in [1.807, 2.05) is 0 Å². The molecule has 0 spiro atoms. The maximum absolute atomic E-state index is 13.4. The van der Waals surface area contributed by atoms with E-state index in [4.69, 9.17) is 21.4 Å². The lowest BCUT2D eigenvalue weighted by Crippen LogP contribution is -2.70. The van der Waals surface area contributed by atoms with Crippen molar-refractivity contribution >= 4 is 23.6 Å². The minimum atomic E-state index is -1.16. The molecule has 2 bridgehead atoms. The molecule has 3 saturated carbocycles. The molecule has 4 N–H and O–H groups in total. The van der Waals surface area contributed by atoms with E-state index in [9.17, 15) is 19.1 Å². The monoisotopic (exact) mass is 386 g/mol. The minimum absolute atomic E-state index is 0.0301. The zero-order chi connectivity index (χ0) is 18.9. The molecule has 4 rings (SSSR count). The van der Waals surface area contributed by atoms with E-state index in [-0.39, 0.29) is 29.7 Å². The number of fused-ring (bicyclic) bond motifs is 3. The largest absolute Gasteiger partial charge is 0.484 e. The first-order valence-corrected chi connectivity index (χ1v) is 8.70. The number of benzene rings is 1. The highest BCUT2D eigenvalue weighted by molar-refractivity contribution is 6.30. The van der Waals surface area contributed by atoms with Crippen molar-refractivity contribution in [2.45, 2.75) is 49.3 Å². The molecule has 1 unspecified atom stereocenters. The number of hydrogen-bond acceptors (Lipinski definition) is 4. The number of hydrogen-bond donors (Lipinski definition) is 4. The van der Waals surface area contributed by atoms with E-state index in [2.05, 4.69) is 10.6 Å². The number of halogens is 2. The summed E-state index contributed by atoms with van der Waals surface area (Å²) in [4.78, 5) is 23.2. The number of carboxylic acid groups (broad SMARTS) is 1. The lowest BCUT2D eigenvalue weighted by Gasteiger charge is -2.55. The van der Waals surface area contributed by atoms with Gasteiger partial charge in [-0.05, 0) is 44.2 Å². The van der Waals surface area contributed by atoms with Crippen LogP contribution in [0.5, 0.6) is 5.75 Å². The second-order valence-corrected chi connectivity index (χ2v) is 7.41. The van der Waals surface area contributed by atoms with Gasteiger partial charge in [0.1, 0.15) is 11.6 Å². The predicted octanol–water partition coefficient (Wildman–Crippen LogP) is 2.06. The third-order valence-electron chi connectivity index (χ3n) is 5.34. The van der Waals surface area contributed by atoms with Gasteiger partial charge < -0.3 is 25.6 Å². The minimum Gasteiger partial charge on any atom is -0.484 e. The highest BCUT2D eigenvalue weighted by atomic mass is 35.5. The lowest BCUT2D eigenvalue weighted by molar-refractivity contribution is -0.129. The number of aliphatic hydroxyl groups is 1. The van der Waals surface area contributed by atoms with Gasteiger partial charge in [-0.1, -0.05) is 11.6 Å². The van der Waals surface area contributed by atoms with Crippen molar-refractivity contribution in [3.05, 3.63) is 29.0 Å². The quantitative estimate of drug-likeness (QED) is 0.619. The fourth-order valence-corrected chi connectivity index (χ4v) is 4.04. The van der Waals surface area contributed by atoms with Gasteiger partial charge in [0.15, 0.2) is 6.61 Å². The molecular weight excluding hydrogens is 367 g/mol. The van der Waals surface area contributed by atoms with Gasteiger partial charge in [0.25, 0.3) is 5.91 Å². The normalized spacial score (nSPS) is 29.9. The van der Waals surface area contributed by atoms with Crippen LogP contribution in [-0.2, 0) is 4.79 Å². The van der Waals surface area contributed by atoms with Crippen LogP contribution < -0.4 is 15.4 Å². The van der Waals surface area contributed by atoms with Crippen molar-refractivity contribution < 1.29 is 28.9 Å². The van der Waals surface area contributed by atoms with E-state index in [0.717, 1.165) is 6.07 Å². The molecule has 0 aromatic heterocycles. The van der Waals surface area contributed by atoms with Crippen LogP contribution in [0.4, 0.5) is 9.18 Å². The van der Waals surface area contributed by atoms with Crippen molar-refractivity contribution in [2.75, 3.05) is 6.61 Å². The van der Waals surface area contributed by atoms with Crippen molar-refractivity contribution in [3.8, 4) is 5.75 Å². The van der Waals surface area contributed by atoms with E-state index >= 15 is 0 Å². The molecule has 1 aromatic rings. The Hall–Kier alpha value is -2.06. The smallest absolute Gasteiger partial charge is 0.405 e. The third kappa shape index (κ3) is 3.71. The second-order valence-electron chi connectivity index (χ2n) is 7.00. The molecule has 3 aliphatic rings. The highest BCUT2D eigenvalue weighted by Gasteiger charge is 2.55. The molecular formula is C17H20ClFN2O5. The molecule has 0 aliphatic heterocycles. The molecule has 1 atom stereocenters. The van der Waals surface area contributed by atoms with E-state index < -0.39 is 29.1 Å². The average Bonchev–Trinajstić information content (AvgIpc) is 2.57. The topological polar surface area (TPSA) is 108 Å². The Balaban J connectivity index is 1.57. The summed E-state index contributed by atoms with van der Waals surface area (Å²) in [5, 5.41) is 24.7. The zero-order valence-electron chi connectivity index (χ0n) is 13.9. The first kappa shape index (κ1) is 18.7. The maximum Gasteiger partial charge on any atom is 0.405 e. The van der Waals surface area contributed by atoms with Crippen molar-refractivity contribution in [2.24, 2.45) is 0 Å². The van der Waals surface area contributed by atoms with Gasteiger partial charge in [-0.15, -0.1) is 0 Å². The molecule has 0 saturated heterocycles. The number of aliphatic hydroxyl groups excluding tert-OH is 1. The first-order valence-electron chi connectivity index (χ1n) is 8.32. The van der Waals surface area contributed by atoms with Crippen molar-refractivity contribution in [3.63, 3.8) is 0 Å². The molecule has 3 fully saturated rings. The van der Waals surface area contributed by atoms with E-state index in [0.29, 0.717) is 25.7 Å². The summed E-state index contributed by atoms with van der Waals surface area (Å²) in [5.74, 6) is -0.821. The third-order valence-corrected chi connectivity index (χ3v) is 5.65. The standard InChI is InChI=1S/C17H20ClFN2O5/c18-11-2-1-10(7-12(11)19)26-9-14(23)20-16-3-5-17(6-4-16,13(22)8-16)21-15(24)25/h1-2,7,13,21-22H,3-6,8-9H2,(H,20,23)(H,24,25). The molecule has 0 radical (unpaired) electrons. The van der Waals surface area contributed by atoms with Gasteiger partial charge in [0, 0.05) is 11.6 Å². The van der Waals surface area contributed by atoms with Crippen LogP contribution in [0.1, 0.15) is 32.1 Å².